The van der Waals surface area contributed by atoms with Gasteiger partial charge in [-0.25, -0.2) is 13.6 Å². The molecule has 0 fully saturated rings. The minimum atomic E-state index is -3.71. The van der Waals surface area contributed by atoms with Crippen molar-refractivity contribution in [2.24, 2.45) is 5.14 Å². The van der Waals surface area contributed by atoms with E-state index in [1.807, 2.05) is 20.9 Å². The van der Waals surface area contributed by atoms with Crippen molar-refractivity contribution in [1.29, 1.82) is 0 Å². The van der Waals surface area contributed by atoms with Gasteiger partial charge >= 0.3 is 0 Å². The van der Waals surface area contributed by atoms with Crippen molar-refractivity contribution >= 4 is 15.9 Å². The molecule has 2 aromatic rings. The Labute approximate surface area is 155 Å². The molecule has 2 atom stereocenters. The van der Waals surface area contributed by atoms with Gasteiger partial charge < -0.3 is 10.2 Å². The van der Waals surface area contributed by atoms with E-state index in [4.69, 9.17) is 5.14 Å². The summed E-state index contributed by atoms with van der Waals surface area (Å²) in [6.07, 6.45) is 0. The minimum absolute atomic E-state index is 0.0575. The second kappa shape index (κ2) is 8.44. The number of amides is 1. The third-order valence-corrected chi connectivity index (χ3v) is 5.10. The van der Waals surface area contributed by atoms with Crippen LogP contribution in [0.4, 0.5) is 0 Å². The number of benzene rings is 2. The largest absolute Gasteiger partial charge is 0.345 e. The van der Waals surface area contributed by atoms with Gasteiger partial charge in [-0.2, -0.15) is 0 Å². The summed E-state index contributed by atoms with van der Waals surface area (Å²) in [5.41, 5.74) is 3.22. The number of quaternary nitrogens is 1. The van der Waals surface area contributed by atoms with Gasteiger partial charge in [-0.3, -0.25) is 4.79 Å². The zero-order valence-electron chi connectivity index (χ0n) is 15.3. The van der Waals surface area contributed by atoms with Crippen LogP contribution >= 0.6 is 0 Å². The van der Waals surface area contributed by atoms with E-state index in [1.54, 1.807) is 12.1 Å². The molecule has 0 aromatic heterocycles. The first-order valence-electron chi connectivity index (χ1n) is 8.44. The van der Waals surface area contributed by atoms with Gasteiger partial charge in [0.05, 0.1) is 18.0 Å². The monoisotopic (exact) mass is 376 g/mol. The molecule has 4 N–H and O–H groups in total. The van der Waals surface area contributed by atoms with E-state index in [2.05, 4.69) is 29.6 Å². The summed E-state index contributed by atoms with van der Waals surface area (Å²) in [5.74, 6) is -0.0577. The molecule has 0 heterocycles. The number of likely N-dealkylation sites (N-methyl/N-ethyl adjacent to an activating group) is 1. The number of carbonyl (C=O) groups is 1. The van der Waals surface area contributed by atoms with E-state index < -0.39 is 10.0 Å². The van der Waals surface area contributed by atoms with Gasteiger partial charge in [0.2, 0.25) is 10.0 Å². The Morgan fingerprint density at radius 1 is 1.12 bits per heavy atom. The maximum absolute atomic E-state index is 12.3. The second-order valence-corrected chi connectivity index (χ2v) is 8.26. The average molecular weight is 377 g/mol. The first-order chi connectivity index (χ1) is 12.1. The summed E-state index contributed by atoms with van der Waals surface area (Å²) in [4.78, 5) is 13.4. The normalized spacial score (nSPS) is 13.8. The molecule has 0 saturated heterocycles. The molecular weight excluding hydrogens is 350 g/mol. The standard InChI is InChI=1S/C19H25N3O3S/c1-14-4-6-16(7-5-14)12-22(3)13-19(23)21-15(2)17-8-10-18(11-9-17)26(20,24)25/h4-11,15H,12-13H2,1-3H3,(H,21,23)(H2,20,24,25)/p+1/t15-/m0/s1. The average Bonchev–Trinajstić information content (AvgIpc) is 2.56. The van der Waals surface area contributed by atoms with Gasteiger partial charge in [0, 0.05) is 5.56 Å². The molecule has 2 aromatic carbocycles. The van der Waals surface area contributed by atoms with E-state index in [1.165, 1.54) is 23.3 Å². The Kier molecular flexibility index (Phi) is 6.52. The fourth-order valence-electron chi connectivity index (χ4n) is 2.71. The van der Waals surface area contributed by atoms with E-state index in [0.717, 1.165) is 17.0 Å². The summed E-state index contributed by atoms with van der Waals surface area (Å²) in [6.45, 7) is 5.03. The molecule has 0 aliphatic heterocycles. The summed E-state index contributed by atoms with van der Waals surface area (Å²) in [5, 5.41) is 8.03. The van der Waals surface area contributed by atoms with Crippen LogP contribution in [-0.4, -0.2) is 27.9 Å². The van der Waals surface area contributed by atoms with Crippen molar-refractivity contribution in [3.8, 4) is 0 Å². The highest BCUT2D eigenvalue weighted by atomic mass is 32.2. The third-order valence-electron chi connectivity index (χ3n) is 4.17. The Morgan fingerprint density at radius 3 is 2.23 bits per heavy atom. The van der Waals surface area contributed by atoms with Crippen molar-refractivity contribution in [3.63, 3.8) is 0 Å². The maximum atomic E-state index is 12.3. The molecule has 0 aliphatic carbocycles. The van der Waals surface area contributed by atoms with Gasteiger partial charge in [0.25, 0.3) is 5.91 Å². The van der Waals surface area contributed by atoms with Crippen LogP contribution in [0.5, 0.6) is 0 Å². The number of rotatable bonds is 7. The molecule has 0 bridgehead atoms. The molecule has 0 aliphatic rings. The molecule has 140 valence electrons. The first-order valence-corrected chi connectivity index (χ1v) is 9.99. The number of nitrogens with one attached hydrogen (secondary N) is 2. The first kappa shape index (κ1) is 20.1. The lowest BCUT2D eigenvalue weighted by atomic mass is 10.1. The number of primary sulfonamides is 1. The minimum Gasteiger partial charge on any atom is -0.345 e. The van der Waals surface area contributed by atoms with Gasteiger partial charge in [-0.05, 0) is 31.5 Å². The van der Waals surface area contributed by atoms with E-state index in [-0.39, 0.29) is 16.8 Å². The highest BCUT2D eigenvalue weighted by Gasteiger charge is 2.15. The summed E-state index contributed by atoms with van der Waals surface area (Å²) >= 11 is 0. The van der Waals surface area contributed by atoms with Crippen LogP contribution in [0.2, 0.25) is 0 Å². The molecule has 1 amide bonds. The van der Waals surface area contributed by atoms with Crippen LogP contribution in [-0.2, 0) is 21.4 Å². The lowest BCUT2D eigenvalue weighted by Gasteiger charge is -2.18. The smallest absolute Gasteiger partial charge is 0.275 e. The molecular formula is C19H26N3O3S+. The molecule has 0 saturated carbocycles. The Morgan fingerprint density at radius 2 is 1.69 bits per heavy atom. The van der Waals surface area contributed by atoms with E-state index in [0.29, 0.717) is 6.54 Å². The predicted octanol–water partition coefficient (Wildman–Crippen LogP) is 0.535. The quantitative estimate of drug-likeness (QED) is 0.658. The topological polar surface area (TPSA) is 93.7 Å². The van der Waals surface area contributed by atoms with Crippen molar-refractivity contribution in [1.82, 2.24) is 5.32 Å². The summed E-state index contributed by atoms with van der Waals surface area (Å²) < 4.78 is 22.6. The molecule has 0 radical (unpaired) electrons. The summed E-state index contributed by atoms with van der Waals surface area (Å²) in [7, 11) is -1.73. The number of sulfonamides is 1. The zero-order valence-corrected chi connectivity index (χ0v) is 16.1. The van der Waals surface area contributed by atoms with Crippen molar-refractivity contribution in [2.75, 3.05) is 13.6 Å². The van der Waals surface area contributed by atoms with Crippen molar-refractivity contribution in [2.45, 2.75) is 31.3 Å². The van der Waals surface area contributed by atoms with Crippen LogP contribution in [0.25, 0.3) is 0 Å². The van der Waals surface area contributed by atoms with Crippen LogP contribution in [0.1, 0.15) is 29.7 Å². The lowest BCUT2D eigenvalue weighted by molar-refractivity contribution is -0.885. The Balaban J connectivity index is 1.89. The molecule has 26 heavy (non-hydrogen) atoms. The molecule has 7 heteroatoms. The zero-order chi connectivity index (χ0) is 19.3. The highest BCUT2D eigenvalue weighted by Crippen LogP contribution is 2.15. The van der Waals surface area contributed by atoms with Crippen LogP contribution in [0, 0.1) is 6.92 Å². The lowest BCUT2D eigenvalue weighted by Crippen LogP contribution is -3.08. The highest BCUT2D eigenvalue weighted by molar-refractivity contribution is 7.89. The van der Waals surface area contributed by atoms with Crippen molar-refractivity contribution in [3.05, 3.63) is 65.2 Å². The van der Waals surface area contributed by atoms with Gasteiger partial charge in [0.1, 0.15) is 6.54 Å². The number of hydrogen-bond donors (Lipinski definition) is 3. The van der Waals surface area contributed by atoms with Crippen LogP contribution < -0.4 is 15.4 Å². The Bertz CT molecular complexity index is 847. The molecule has 0 spiro atoms. The molecule has 1 unspecified atom stereocenters. The van der Waals surface area contributed by atoms with Crippen LogP contribution in [0.3, 0.4) is 0 Å². The summed E-state index contributed by atoms with van der Waals surface area (Å²) in [6, 6.07) is 14.3. The number of carbonyl (C=O) groups excluding carboxylic acids is 1. The predicted molar refractivity (Wildman–Crippen MR) is 101 cm³/mol. The fraction of sp³-hybridized carbons (Fsp3) is 0.316. The molecule has 2 rings (SSSR count). The molecule has 6 nitrogen and oxygen atoms in total. The number of nitrogens with two attached hydrogens (primary N) is 1. The maximum Gasteiger partial charge on any atom is 0.275 e. The number of hydrogen-bond acceptors (Lipinski definition) is 3. The second-order valence-electron chi connectivity index (χ2n) is 6.70. The SMILES string of the molecule is Cc1ccc(C[NH+](C)CC(=O)N[C@@H](C)c2ccc(S(N)(=O)=O)cc2)cc1. The van der Waals surface area contributed by atoms with E-state index >= 15 is 0 Å². The van der Waals surface area contributed by atoms with Crippen LogP contribution in [0.15, 0.2) is 53.4 Å². The fourth-order valence-corrected chi connectivity index (χ4v) is 3.23. The van der Waals surface area contributed by atoms with Gasteiger partial charge in [0.15, 0.2) is 6.54 Å². The van der Waals surface area contributed by atoms with E-state index in [9.17, 15) is 13.2 Å². The van der Waals surface area contributed by atoms with Gasteiger partial charge in [-0.1, -0.05) is 42.0 Å². The van der Waals surface area contributed by atoms with Gasteiger partial charge in [-0.15, -0.1) is 0 Å². The number of aryl methyl sites for hydroxylation is 1. The Hall–Kier alpha value is -2.22. The van der Waals surface area contributed by atoms with Crippen molar-refractivity contribution < 1.29 is 18.1 Å². The third kappa shape index (κ3) is 5.94.